The third-order valence-electron chi connectivity index (χ3n) is 3.99. The van der Waals surface area contributed by atoms with Gasteiger partial charge in [0.15, 0.2) is 0 Å². The van der Waals surface area contributed by atoms with Gasteiger partial charge in [-0.15, -0.1) is 23.7 Å². The topological polar surface area (TPSA) is 46.9 Å². The van der Waals surface area contributed by atoms with Gasteiger partial charge in [-0.3, -0.25) is 9.36 Å². The van der Waals surface area contributed by atoms with Crippen LogP contribution in [-0.2, 0) is 6.42 Å². The molecule has 0 bridgehead atoms. The molecule has 0 radical (unpaired) electrons. The molecule has 0 amide bonds. The average molecular weight is 314 g/mol. The summed E-state index contributed by atoms with van der Waals surface area (Å²) in [5.41, 5.74) is 1.33. The Hall–Kier alpha value is -0.910. The zero-order valence-corrected chi connectivity index (χ0v) is 13.4. The zero-order chi connectivity index (χ0) is 13.4. The Kier molecular flexibility index (Phi) is 4.83. The van der Waals surface area contributed by atoms with Crippen LogP contribution in [0.5, 0.6) is 0 Å². The van der Waals surface area contributed by atoms with Crippen molar-refractivity contribution in [3.8, 4) is 0 Å². The van der Waals surface area contributed by atoms with Crippen molar-refractivity contribution >= 4 is 34.0 Å². The maximum absolute atomic E-state index is 12.7. The van der Waals surface area contributed by atoms with Crippen molar-refractivity contribution in [1.29, 1.82) is 0 Å². The maximum Gasteiger partial charge on any atom is 0.262 e. The second-order valence-electron chi connectivity index (χ2n) is 5.11. The highest BCUT2D eigenvalue weighted by Crippen LogP contribution is 2.28. The number of halogens is 1. The Morgan fingerprint density at radius 2 is 2.15 bits per heavy atom. The second-order valence-corrected chi connectivity index (χ2v) is 6.31. The Morgan fingerprint density at radius 3 is 2.80 bits per heavy atom. The van der Waals surface area contributed by atoms with Crippen molar-refractivity contribution in [3.63, 3.8) is 0 Å². The van der Waals surface area contributed by atoms with Crippen LogP contribution in [0.15, 0.2) is 11.1 Å². The summed E-state index contributed by atoms with van der Waals surface area (Å²) in [6, 6.07) is 0.301. The van der Waals surface area contributed by atoms with E-state index in [0.717, 1.165) is 42.6 Å². The van der Waals surface area contributed by atoms with E-state index in [0.29, 0.717) is 6.04 Å². The largest absolute Gasteiger partial charge is 0.317 e. The molecule has 6 heteroatoms. The molecule has 0 unspecified atom stereocenters. The minimum atomic E-state index is 0. The van der Waals surface area contributed by atoms with Gasteiger partial charge in [-0.2, -0.15) is 0 Å². The van der Waals surface area contributed by atoms with Crippen LogP contribution in [0.1, 0.15) is 36.2 Å². The zero-order valence-electron chi connectivity index (χ0n) is 11.8. The lowest BCUT2D eigenvalue weighted by molar-refractivity contribution is 0.359. The fourth-order valence-corrected chi connectivity index (χ4v) is 4.01. The van der Waals surface area contributed by atoms with Crippen LogP contribution in [0.25, 0.3) is 10.2 Å². The van der Waals surface area contributed by atoms with Gasteiger partial charge < -0.3 is 5.32 Å². The lowest BCUT2D eigenvalue weighted by Crippen LogP contribution is -2.34. The molecule has 110 valence electrons. The monoisotopic (exact) mass is 313 g/mol. The summed E-state index contributed by atoms with van der Waals surface area (Å²) in [5.74, 6) is 0. The summed E-state index contributed by atoms with van der Waals surface area (Å²) >= 11 is 1.64. The smallest absolute Gasteiger partial charge is 0.262 e. The molecular formula is C14H20ClN3OS. The predicted molar refractivity (Wildman–Crippen MR) is 86.4 cm³/mol. The van der Waals surface area contributed by atoms with Gasteiger partial charge in [-0.25, -0.2) is 4.98 Å². The molecular weight excluding hydrogens is 294 g/mol. The number of fused-ring (bicyclic) bond motifs is 1. The van der Waals surface area contributed by atoms with Gasteiger partial charge in [0.2, 0.25) is 0 Å². The van der Waals surface area contributed by atoms with E-state index in [1.54, 1.807) is 17.7 Å². The lowest BCUT2D eigenvalue weighted by Gasteiger charge is -2.24. The summed E-state index contributed by atoms with van der Waals surface area (Å²) in [5, 5.41) is 4.19. The van der Waals surface area contributed by atoms with Gasteiger partial charge in [0.25, 0.3) is 5.56 Å². The Bertz CT molecular complexity index is 658. The van der Waals surface area contributed by atoms with E-state index in [-0.39, 0.29) is 18.0 Å². The standard InChI is InChI=1S/C14H19N3OS.ClH/c1-3-11-9(2)19-13-12(11)14(18)17(8-16-13)10-4-6-15-7-5-10;/h8,10,15H,3-7H2,1-2H3;1H. The highest BCUT2D eigenvalue weighted by atomic mass is 35.5. The van der Waals surface area contributed by atoms with Gasteiger partial charge in [0, 0.05) is 10.9 Å². The molecule has 1 N–H and O–H groups in total. The number of aromatic nitrogens is 2. The SMILES string of the molecule is CCc1c(C)sc2ncn(C3CCNCC3)c(=O)c12.Cl. The Labute approximate surface area is 128 Å². The number of hydrogen-bond donors (Lipinski definition) is 1. The Morgan fingerprint density at radius 1 is 1.45 bits per heavy atom. The number of rotatable bonds is 2. The molecule has 0 atom stereocenters. The molecule has 0 aliphatic carbocycles. The summed E-state index contributed by atoms with van der Waals surface area (Å²) < 4.78 is 1.86. The highest BCUT2D eigenvalue weighted by Gasteiger charge is 2.20. The highest BCUT2D eigenvalue weighted by molar-refractivity contribution is 7.18. The van der Waals surface area contributed by atoms with Crippen molar-refractivity contribution < 1.29 is 0 Å². The van der Waals surface area contributed by atoms with Gasteiger partial charge >= 0.3 is 0 Å². The number of nitrogens with zero attached hydrogens (tertiary/aromatic N) is 2. The van der Waals surface area contributed by atoms with Crippen molar-refractivity contribution in [3.05, 3.63) is 27.1 Å². The second kappa shape index (κ2) is 6.24. The third kappa shape index (κ3) is 2.50. The number of thiophene rings is 1. The molecule has 3 heterocycles. The minimum absolute atomic E-state index is 0. The first-order valence-electron chi connectivity index (χ1n) is 6.92. The van der Waals surface area contributed by atoms with Crippen molar-refractivity contribution in [2.24, 2.45) is 0 Å². The van der Waals surface area contributed by atoms with E-state index in [9.17, 15) is 4.79 Å². The molecule has 1 aliphatic rings. The molecule has 3 rings (SSSR count). The van der Waals surface area contributed by atoms with Crippen LogP contribution in [0.4, 0.5) is 0 Å². The number of hydrogen-bond acceptors (Lipinski definition) is 4. The van der Waals surface area contributed by atoms with E-state index in [2.05, 4.69) is 24.1 Å². The van der Waals surface area contributed by atoms with Crippen LogP contribution >= 0.6 is 23.7 Å². The summed E-state index contributed by atoms with van der Waals surface area (Å²) in [6.45, 7) is 6.16. The third-order valence-corrected chi connectivity index (χ3v) is 5.05. The van der Waals surface area contributed by atoms with Gasteiger partial charge in [0.05, 0.1) is 11.7 Å². The quantitative estimate of drug-likeness (QED) is 0.927. The molecule has 2 aromatic heterocycles. The summed E-state index contributed by atoms with van der Waals surface area (Å²) in [7, 11) is 0. The number of nitrogens with one attached hydrogen (secondary N) is 1. The van der Waals surface area contributed by atoms with E-state index in [1.807, 2.05) is 4.57 Å². The normalized spacial score (nSPS) is 16.3. The van der Waals surface area contributed by atoms with E-state index >= 15 is 0 Å². The molecule has 0 aromatic carbocycles. The van der Waals surface area contributed by atoms with Crippen LogP contribution in [-0.4, -0.2) is 22.6 Å². The van der Waals surface area contributed by atoms with Gasteiger partial charge in [0.1, 0.15) is 4.83 Å². The molecule has 1 saturated heterocycles. The van der Waals surface area contributed by atoms with Crippen LogP contribution < -0.4 is 10.9 Å². The minimum Gasteiger partial charge on any atom is -0.317 e. The fraction of sp³-hybridized carbons (Fsp3) is 0.571. The van der Waals surface area contributed by atoms with Crippen LogP contribution in [0.3, 0.4) is 0 Å². The van der Waals surface area contributed by atoms with Gasteiger partial charge in [-0.1, -0.05) is 6.92 Å². The lowest BCUT2D eigenvalue weighted by atomic mass is 10.1. The van der Waals surface area contributed by atoms with Crippen LogP contribution in [0.2, 0.25) is 0 Å². The molecule has 0 saturated carbocycles. The number of aryl methyl sites for hydroxylation is 2. The molecule has 1 aliphatic heterocycles. The van der Waals surface area contributed by atoms with E-state index < -0.39 is 0 Å². The average Bonchev–Trinajstić information content (AvgIpc) is 2.76. The molecule has 4 nitrogen and oxygen atoms in total. The predicted octanol–water partition coefficient (Wildman–Crippen LogP) is 2.68. The van der Waals surface area contributed by atoms with Crippen LogP contribution in [0, 0.1) is 6.92 Å². The first kappa shape index (κ1) is 15.5. The first-order valence-corrected chi connectivity index (χ1v) is 7.73. The Balaban J connectivity index is 0.00000147. The van der Waals surface area contributed by atoms with Crippen molar-refractivity contribution in [2.45, 2.75) is 39.2 Å². The van der Waals surface area contributed by atoms with Crippen molar-refractivity contribution in [1.82, 2.24) is 14.9 Å². The molecule has 2 aromatic rings. The van der Waals surface area contributed by atoms with Gasteiger partial charge in [-0.05, 0) is 44.8 Å². The molecule has 20 heavy (non-hydrogen) atoms. The number of piperidine rings is 1. The summed E-state index contributed by atoms with van der Waals surface area (Å²) in [6.07, 6.45) is 4.67. The molecule has 1 fully saturated rings. The molecule has 0 spiro atoms. The van der Waals surface area contributed by atoms with E-state index in [1.165, 1.54) is 10.4 Å². The maximum atomic E-state index is 12.7. The summed E-state index contributed by atoms with van der Waals surface area (Å²) in [4.78, 5) is 19.4. The fourth-order valence-electron chi connectivity index (χ4n) is 2.94. The van der Waals surface area contributed by atoms with Crippen molar-refractivity contribution in [2.75, 3.05) is 13.1 Å². The first-order chi connectivity index (χ1) is 9.22. The van der Waals surface area contributed by atoms with E-state index in [4.69, 9.17) is 0 Å².